The van der Waals surface area contributed by atoms with Crippen LogP contribution in [0.2, 0.25) is 0 Å². The lowest BCUT2D eigenvalue weighted by molar-refractivity contribution is -0.137. The van der Waals surface area contributed by atoms with Crippen LogP contribution in [0.25, 0.3) is 0 Å². The third-order valence-electron chi connectivity index (χ3n) is 3.24. The SMILES string of the molecule is CCOC(=O)c1ccc(OCC(=O)Nc2ccccc2C(F)(F)F)cc1. The number of amides is 1. The van der Waals surface area contributed by atoms with Gasteiger partial charge in [0.1, 0.15) is 5.75 Å². The number of anilines is 1. The molecule has 1 N–H and O–H groups in total. The fourth-order valence-corrected chi connectivity index (χ4v) is 2.08. The summed E-state index contributed by atoms with van der Waals surface area (Å²) in [6.45, 7) is 1.45. The minimum Gasteiger partial charge on any atom is -0.484 e. The number of carbonyl (C=O) groups is 2. The molecule has 0 radical (unpaired) electrons. The van der Waals surface area contributed by atoms with Crippen LogP contribution in [0, 0.1) is 0 Å². The molecule has 0 atom stereocenters. The maximum Gasteiger partial charge on any atom is 0.418 e. The van der Waals surface area contributed by atoms with E-state index < -0.39 is 30.2 Å². The summed E-state index contributed by atoms with van der Waals surface area (Å²) >= 11 is 0. The quantitative estimate of drug-likeness (QED) is 0.787. The second-order valence-corrected chi connectivity index (χ2v) is 5.13. The highest BCUT2D eigenvalue weighted by atomic mass is 19.4. The summed E-state index contributed by atoms with van der Waals surface area (Å²) in [4.78, 5) is 23.4. The van der Waals surface area contributed by atoms with E-state index in [0.29, 0.717) is 5.56 Å². The van der Waals surface area contributed by atoms with E-state index in [1.807, 2.05) is 0 Å². The number of hydrogen-bond donors (Lipinski definition) is 1. The summed E-state index contributed by atoms with van der Waals surface area (Å²) in [6.07, 6.45) is -4.58. The molecule has 0 unspecified atom stereocenters. The van der Waals surface area contributed by atoms with E-state index in [0.717, 1.165) is 12.1 Å². The minimum absolute atomic E-state index is 0.247. The Labute approximate surface area is 147 Å². The van der Waals surface area contributed by atoms with Crippen molar-refractivity contribution >= 4 is 17.6 Å². The van der Waals surface area contributed by atoms with E-state index >= 15 is 0 Å². The molecule has 0 aliphatic rings. The van der Waals surface area contributed by atoms with Crippen molar-refractivity contribution in [1.29, 1.82) is 0 Å². The van der Waals surface area contributed by atoms with Crippen LogP contribution in [-0.2, 0) is 15.7 Å². The Bertz CT molecular complexity index is 773. The lowest BCUT2D eigenvalue weighted by Gasteiger charge is -2.13. The van der Waals surface area contributed by atoms with Crippen LogP contribution < -0.4 is 10.1 Å². The van der Waals surface area contributed by atoms with Crippen molar-refractivity contribution < 1.29 is 32.2 Å². The number of ether oxygens (including phenoxy) is 2. The van der Waals surface area contributed by atoms with E-state index in [-0.39, 0.29) is 18.0 Å². The van der Waals surface area contributed by atoms with Crippen molar-refractivity contribution in [3.05, 3.63) is 59.7 Å². The molecule has 0 aromatic heterocycles. The van der Waals surface area contributed by atoms with Crippen LogP contribution in [0.3, 0.4) is 0 Å². The molecule has 0 saturated carbocycles. The van der Waals surface area contributed by atoms with E-state index in [2.05, 4.69) is 5.32 Å². The molecular weight excluding hydrogens is 351 g/mol. The number of alkyl halides is 3. The molecule has 26 heavy (non-hydrogen) atoms. The van der Waals surface area contributed by atoms with Crippen molar-refractivity contribution in [2.75, 3.05) is 18.5 Å². The number of nitrogens with one attached hydrogen (secondary N) is 1. The van der Waals surface area contributed by atoms with Gasteiger partial charge in [0.25, 0.3) is 5.91 Å². The molecule has 1 amide bonds. The van der Waals surface area contributed by atoms with Crippen LogP contribution in [0.15, 0.2) is 48.5 Å². The predicted octanol–water partition coefficient (Wildman–Crippen LogP) is 3.90. The number of carbonyl (C=O) groups excluding carboxylic acids is 2. The van der Waals surface area contributed by atoms with Gasteiger partial charge in [-0.15, -0.1) is 0 Å². The maximum atomic E-state index is 12.9. The first-order valence-electron chi connectivity index (χ1n) is 7.67. The smallest absolute Gasteiger partial charge is 0.418 e. The summed E-state index contributed by atoms with van der Waals surface area (Å²) in [6, 6.07) is 10.5. The van der Waals surface area contributed by atoms with Crippen LogP contribution in [0.5, 0.6) is 5.75 Å². The number of benzene rings is 2. The first-order valence-corrected chi connectivity index (χ1v) is 7.67. The molecule has 0 aliphatic heterocycles. The first kappa shape index (κ1) is 19.3. The van der Waals surface area contributed by atoms with Gasteiger partial charge in [-0.2, -0.15) is 13.2 Å². The highest BCUT2D eigenvalue weighted by molar-refractivity contribution is 5.93. The zero-order valence-corrected chi connectivity index (χ0v) is 13.8. The van der Waals surface area contributed by atoms with Crippen LogP contribution in [0.4, 0.5) is 18.9 Å². The summed E-state index contributed by atoms with van der Waals surface area (Å²) in [5.74, 6) is -0.936. The Morgan fingerprint density at radius 3 is 2.31 bits per heavy atom. The van der Waals surface area contributed by atoms with Crippen molar-refractivity contribution in [3.63, 3.8) is 0 Å². The van der Waals surface area contributed by atoms with E-state index in [1.54, 1.807) is 6.92 Å². The van der Waals surface area contributed by atoms with Gasteiger partial charge in [0, 0.05) is 0 Å². The lowest BCUT2D eigenvalue weighted by atomic mass is 10.1. The lowest BCUT2D eigenvalue weighted by Crippen LogP contribution is -2.22. The average Bonchev–Trinajstić information content (AvgIpc) is 2.60. The van der Waals surface area contributed by atoms with Crippen molar-refractivity contribution in [1.82, 2.24) is 0 Å². The molecule has 2 rings (SSSR count). The molecule has 0 aliphatic carbocycles. The topological polar surface area (TPSA) is 64.6 Å². The van der Waals surface area contributed by atoms with Gasteiger partial charge in [-0.3, -0.25) is 4.79 Å². The first-order chi connectivity index (χ1) is 12.3. The third kappa shape index (κ3) is 5.23. The average molecular weight is 367 g/mol. The van der Waals surface area contributed by atoms with Gasteiger partial charge in [0.15, 0.2) is 6.61 Å². The number of para-hydroxylation sites is 1. The number of esters is 1. The fraction of sp³-hybridized carbons (Fsp3) is 0.222. The predicted molar refractivity (Wildman–Crippen MR) is 88.0 cm³/mol. The number of rotatable bonds is 6. The molecule has 8 heteroatoms. The molecule has 0 heterocycles. The van der Waals surface area contributed by atoms with E-state index in [4.69, 9.17) is 9.47 Å². The standard InChI is InChI=1S/C18H16F3NO4/c1-2-25-17(24)12-7-9-13(10-8-12)26-11-16(23)22-15-6-4-3-5-14(15)18(19,20)21/h3-10H,2,11H2,1H3,(H,22,23). The highest BCUT2D eigenvalue weighted by Crippen LogP contribution is 2.34. The summed E-state index contributed by atoms with van der Waals surface area (Å²) in [5, 5.41) is 2.18. The molecule has 5 nitrogen and oxygen atoms in total. The van der Waals surface area contributed by atoms with E-state index in [1.165, 1.54) is 36.4 Å². The Kier molecular flexibility index (Phi) is 6.21. The summed E-state index contributed by atoms with van der Waals surface area (Å²) < 4.78 is 48.7. The molecule has 138 valence electrons. The zero-order valence-electron chi connectivity index (χ0n) is 13.8. The van der Waals surface area contributed by atoms with Gasteiger partial charge >= 0.3 is 12.1 Å². The second-order valence-electron chi connectivity index (χ2n) is 5.13. The monoisotopic (exact) mass is 367 g/mol. The van der Waals surface area contributed by atoms with Gasteiger partial charge in [0.2, 0.25) is 0 Å². The Morgan fingerprint density at radius 1 is 1.04 bits per heavy atom. The number of hydrogen-bond acceptors (Lipinski definition) is 4. The van der Waals surface area contributed by atoms with Crippen molar-refractivity contribution in [2.24, 2.45) is 0 Å². The van der Waals surface area contributed by atoms with E-state index in [9.17, 15) is 22.8 Å². The summed E-state index contributed by atoms with van der Waals surface area (Å²) in [7, 11) is 0. The maximum absolute atomic E-state index is 12.9. The zero-order chi connectivity index (χ0) is 19.2. The van der Waals surface area contributed by atoms with Crippen LogP contribution >= 0.6 is 0 Å². The third-order valence-corrected chi connectivity index (χ3v) is 3.24. The number of halogens is 3. The summed E-state index contributed by atoms with van der Waals surface area (Å²) in [5.41, 5.74) is -0.957. The molecule has 2 aromatic carbocycles. The van der Waals surface area contributed by atoms with Gasteiger partial charge in [-0.05, 0) is 43.3 Å². The molecule has 0 fully saturated rings. The molecule has 0 saturated heterocycles. The molecule has 2 aromatic rings. The Balaban J connectivity index is 1.95. The van der Waals surface area contributed by atoms with Gasteiger partial charge in [0.05, 0.1) is 23.4 Å². The normalized spacial score (nSPS) is 10.9. The highest BCUT2D eigenvalue weighted by Gasteiger charge is 2.33. The molecule has 0 bridgehead atoms. The van der Waals surface area contributed by atoms with Crippen molar-refractivity contribution in [3.8, 4) is 5.75 Å². The van der Waals surface area contributed by atoms with Gasteiger partial charge in [-0.25, -0.2) is 4.79 Å². The van der Waals surface area contributed by atoms with Crippen LogP contribution in [-0.4, -0.2) is 25.1 Å². The Morgan fingerprint density at radius 2 is 1.69 bits per heavy atom. The van der Waals surface area contributed by atoms with Crippen molar-refractivity contribution in [2.45, 2.75) is 13.1 Å². The molecule has 0 spiro atoms. The van der Waals surface area contributed by atoms with Gasteiger partial charge < -0.3 is 14.8 Å². The fourth-order valence-electron chi connectivity index (χ4n) is 2.08. The second kappa shape index (κ2) is 8.37. The van der Waals surface area contributed by atoms with Gasteiger partial charge in [-0.1, -0.05) is 12.1 Å². The van der Waals surface area contributed by atoms with Crippen LogP contribution in [0.1, 0.15) is 22.8 Å². The Hall–Kier alpha value is -3.03. The minimum atomic E-state index is -4.58. The largest absolute Gasteiger partial charge is 0.484 e. The molecular formula is C18H16F3NO4.